The summed E-state index contributed by atoms with van der Waals surface area (Å²) in [5.74, 6) is -0.476. The number of sulfonamides is 1. The lowest BCUT2D eigenvalue weighted by atomic mass is 10.1. The average molecular weight is 360 g/mol. The first kappa shape index (κ1) is 18.8. The topological polar surface area (TPSA) is 92.3 Å². The van der Waals surface area contributed by atoms with E-state index in [1.54, 1.807) is 24.3 Å². The molecule has 0 heterocycles. The molecule has 7 heteroatoms. The molecule has 2 aromatic rings. The molecule has 25 heavy (non-hydrogen) atoms. The molecule has 0 aliphatic carbocycles. The lowest BCUT2D eigenvalue weighted by molar-refractivity contribution is 0.101. The highest BCUT2D eigenvalue weighted by Crippen LogP contribution is 2.15. The SMILES string of the molecule is CCCNS(=O)(=O)c1ccc(C(=O)Nc2cccc(C(C)=O)c2)cc1. The van der Waals surface area contributed by atoms with Crippen LogP contribution in [0.15, 0.2) is 53.4 Å². The zero-order valence-electron chi connectivity index (χ0n) is 14.1. The van der Waals surface area contributed by atoms with Crippen LogP contribution in [-0.2, 0) is 10.0 Å². The van der Waals surface area contributed by atoms with Crippen LogP contribution in [0.3, 0.4) is 0 Å². The smallest absolute Gasteiger partial charge is 0.255 e. The van der Waals surface area contributed by atoms with Crippen molar-refractivity contribution in [2.75, 3.05) is 11.9 Å². The number of benzene rings is 2. The molecular formula is C18H20N2O4S. The molecule has 2 rings (SSSR count). The minimum atomic E-state index is -3.56. The maximum atomic E-state index is 12.3. The number of amides is 1. The number of rotatable bonds is 7. The Hall–Kier alpha value is -2.51. The van der Waals surface area contributed by atoms with Gasteiger partial charge in [-0.05, 0) is 49.7 Å². The van der Waals surface area contributed by atoms with Gasteiger partial charge >= 0.3 is 0 Å². The predicted octanol–water partition coefficient (Wildman–Crippen LogP) is 2.83. The predicted molar refractivity (Wildman–Crippen MR) is 96.3 cm³/mol. The summed E-state index contributed by atoms with van der Waals surface area (Å²) in [6.07, 6.45) is 0.693. The van der Waals surface area contributed by atoms with E-state index in [1.807, 2.05) is 6.92 Å². The van der Waals surface area contributed by atoms with E-state index in [9.17, 15) is 18.0 Å². The lowest BCUT2D eigenvalue weighted by Crippen LogP contribution is -2.24. The summed E-state index contributed by atoms with van der Waals surface area (Å²) in [6, 6.07) is 12.3. The second kappa shape index (κ2) is 8.04. The molecule has 0 fully saturated rings. The third kappa shape index (κ3) is 4.98. The molecule has 0 saturated heterocycles. The summed E-state index contributed by atoms with van der Waals surface area (Å²) in [7, 11) is -3.56. The van der Waals surface area contributed by atoms with Gasteiger partial charge in [-0.1, -0.05) is 19.1 Å². The molecule has 0 aliphatic rings. The second-order valence-corrected chi connectivity index (χ2v) is 7.28. The maximum Gasteiger partial charge on any atom is 0.255 e. The third-order valence-corrected chi connectivity index (χ3v) is 4.97. The van der Waals surface area contributed by atoms with Crippen molar-refractivity contribution < 1.29 is 18.0 Å². The second-order valence-electron chi connectivity index (χ2n) is 5.51. The van der Waals surface area contributed by atoms with Gasteiger partial charge in [-0.15, -0.1) is 0 Å². The van der Waals surface area contributed by atoms with E-state index >= 15 is 0 Å². The van der Waals surface area contributed by atoms with E-state index in [4.69, 9.17) is 0 Å². The number of hydrogen-bond acceptors (Lipinski definition) is 4. The van der Waals surface area contributed by atoms with Crippen molar-refractivity contribution in [3.05, 3.63) is 59.7 Å². The highest BCUT2D eigenvalue weighted by molar-refractivity contribution is 7.89. The molecule has 6 nitrogen and oxygen atoms in total. The van der Waals surface area contributed by atoms with Crippen LogP contribution >= 0.6 is 0 Å². The van der Waals surface area contributed by atoms with Gasteiger partial charge in [-0.25, -0.2) is 13.1 Å². The Morgan fingerprint density at radius 1 is 1.00 bits per heavy atom. The number of ketones is 1. The molecule has 132 valence electrons. The number of nitrogens with one attached hydrogen (secondary N) is 2. The Bertz CT molecular complexity index is 874. The Balaban J connectivity index is 2.13. The molecule has 0 saturated carbocycles. The fraction of sp³-hybridized carbons (Fsp3) is 0.222. The summed E-state index contributed by atoms with van der Waals surface area (Å²) in [6.45, 7) is 3.68. The molecular weight excluding hydrogens is 340 g/mol. The first-order valence-electron chi connectivity index (χ1n) is 7.85. The van der Waals surface area contributed by atoms with Crippen LogP contribution in [0.5, 0.6) is 0 Å². The standard InChI is InChI=1S/C18H20N2O4S/c1-3-11-19-25(23,24)17-9-7-14(8-10-17)18(22)20-16-6-4-5-15(12-16)13(2)21/h4-10,12,19H,3,11H2,1-2H3,(H,20,22). The van der Waals surface area contributed by atoms with E-state index < -0.39 is 10.0 Å². The summed E-state index contributed by atoms with van der Waals surface area (Å²) in [5, 5.41) is 2.69. The largest absolute Gasteiger partial charge is 0.322 e. The summed E-state index contributed by atoms with van der Waals surface area (Å²) in [5.41, 5.74) is 1.32. The van der Waals surface area contributed by atoms with E-state index in [2.05, 4.69) is 10.0 Å². The number of carbonyl (C=O) groups excluding carboxylic acids is 2. The number of hydrogen-bond donors (Lipinski definition) is 2. The fourth-order valence-corrected chi connectivity index (χ4v) is 3.26. The first-order valence-corrected chi connectivity index (χ1v) is 9.34. The summed E-state index contributed by atoms with van der Waals surface area (Å²) >= 11 is 0. The van der Waals surface area contributed by atoms with Crippen LogP contribution in [0.4, 0.5) is 5.69 Å². The molecule has 0 aromatic heterocycles. The fourth-order valence-electron chi connectivity index (χ4n) is 2.12. The van der Waals surface area contributed by atoms with Crippen molar-refractivity contribution in [1.29, 1.82) is 0 Å². The number of carbonyl (C=O) groups is 2. The minimum Gasteiger partial charge on any atom is -0.322 e. The molecule has 0 unspecified atom stereocenters. The van der Waals surface area contributed by atoms with Crippen molar-refractivity contribution >= 4 is 27.4 Å². The van der Waals surface area contributed by atoms with Gasteiger partial charge < -0.3 is 5.32 Å². The van der Waals surface area contributed by atoms with Crippen molar-refractivity contribution in [3.63, 3.8) is 0 Å². The Labute approximate surface area is 147 Å². The highest BCUT2D eigenvalue weighted by atomic mass is 32.2. The van der Waals surface area contributed by atoms with Crippen molar-refractivity contribution in [2.24, 2.45) is 0 Å². The minimum absolute atomic E-state index is 0.0924. The lowest BCUT2D eigenvalue weighted by Gasteiger charge is -2.08. The zero-order valence-corrected chi connectivity index (χ0v) is 14.9. The number of anilines is 1. The molecule has 1 amide bonds. The molecule has 0 atom stereocenters. The van der Waals surface area contributed by atoms with Gasteiger partial charge in [0.05, 0.1) is 4.90 Å². The third-order valence-electron chi connectivity index (χ3n) is 3.50. The van der Waals surface area contributed by atoms with Crippen LogP contribution in [0, 0.1) is 0 Å². The molecule has 0 bridgehead atoms. The normalized spacial score (nSPS) is 11.1. The van der Waals surface area contributed by atoms with Crippen LogP contribution < -0.4 is 10.0 Å². The van der Waals surface area contributed by atoms with E-state index in [-0.39, 0.29) is 16.6 Å². The van der Waals surface area contributed by atoms with Crippen LogP contribution in [-0.4, -0.2) is 26.7 Å². The first-order chi connectivity index (χ1) is 11.8. The highest BCUT2D eigenvalue weighted by Gasteiger charge is 2.14. The van der Waals surface area contributed by atoms with Gasteiger partial charge in [0.1, 0.15) is 0 Å². The monoisotopic (exact) mass is 360 g/mol. The zero-order chi connectivity index (χ0) is 18.4. The van der Waals surface area contributed by atoms with E-state index in [0.29, 0.717) is 29.8 Å². The van der Waals surface area contributed by atoms with Crippen LogP contribution in [0.25, 0.3) is 0 Å². The van der Waals surface area contributed by atoms with E-state index in [0.717, 1.165) is 0 Å². The molecule has 0 radical (unpaired) electrons. The summed E-state index contributed by atoms with van der Waals surface area (Å²) in [4.78, 5) is 23.8. The quantitative estimate of drug-likeness (QED) is 0.743. The van der Waals surface area contributed by atoms with Crippen molar-refractivity contribution in [1.82, 2.24) is 4.72 Å². The van der Waals surface area contributed by atoms with E-state index in [1.165, 1.54) is 31.2 Å². The maximum absolute atomic E-state index is 12.3. The van der Waals surface area contributed by atoms with Gasteiger partial charge in [0.15, 0.2) is 5.78 Å². The van der Waals surface area contributed by atoms with Gasteiger partial charge in [-0.2, -0.15) is 0 Å². The average Bonchev–Trinajstić information content (AvgIpc) is 2.60. The van der Waals surface area contributed by atoms with Gasteiger partial charge in [0, 0.05) is 23.4 Å². The van der Waals surface area contributed by atoms with Crippen LogP contribution in [0.2, 0.25) is 0 Å². The Morgan fingerprint density at radius 3 is 2.28 bits per heavy atom. The van der Waals surface area contributed by atoms with Crippen molar-refractivity contribution in [2.45, 2.75) is 25.2 Å². The number of Topliss-reactive ketones (excluding diaryl/α,β-unsaturated/α-hetero) is 1. The van der Waals surface area contributed by atoms with Gasteiger partial charge in [0.2, 0.25) is 10.0 Å². The van der Waals surface area contributed by atoms with Gasteiger partial charge in [0.25, 0.3) is 5.91 Å². The molecule has 0 aliphatic heterocycles. The Morgan fingerprint density at radius 2 is 1.68 bits per heavy atom. The van der Waals surface area contributed by atoms with Gasteiger partial charge in [-0.3, -0.25) is 9.59 Å². The molecule has 2 N–H and O–H groups in total. The molecule has 2 aromatic carbocycles. The Kier molecular flexibility index (Phi) is 6.06. The van der Waals surface area contributed by atoms with Crippen LogP contribution in [0.1, 0.15) is 41.0 Å². The molecule has 0 spiro atoms. The van der Waals surface area contributed by atoms with Crippen molar-refractivity contribution in [3.8, 4) is 0 Å². The summed E-state index contributed by atoms with van der Waals surface area (Å²) < 4.78 is 26.5.